The first-order valence-electron chi connectivity index (χ1n) is 11.4. The van der Waals surface area contributed by atoms with E-state index < -0.39 is 35.4 Å². The van der Waals surface area contributed by atoms with Crippen molar-refractivity contribution in [1.29, 1.82) is 0 Å². The van der Waals surface area contributed by atoms with Gasteiger partial charge in [0.25, 0.3) is 5.91 Å². The van der Waals surface area contributed by atoms with Gasteiger partial charge in [-0.2, -0.15) is 13.2 Å². The smallest absolute Gasteiger partial charge is 0.416 e. The fourth-order valence-corrected chi connectivity index (χ4v) is 4.22. The summed E-state index contributed by atoms with van der Waals surface area (Å²) in [5.41, 5.74) is -1.22. The Labute approximate surface area is 214 Å². The van der Waals surface area contributed by atoms with Gasteiger partial charge in [-0.05, 0) is 56.0 Å². The maximum absolute atomic E-state index is 13.0. The van der Waals surface area contributed by atoms with Gasteiger partial charge in [0.2, 0.25) is 5.91 Å². The number of anilines is 1. The number of hydrogen-bond donors (Lipinski definition) is 3. The number of esters is 1. The largest absolute Gasteiger partial charge is 0.422 e. The number of rotatable bonds is 6. The summed E-state index contributed by atoms with van der Waals surface area (Å²) in [6.07, 6.45) is -1.63. The van der Waals surface area contributed by atoms with Crippen LogP contribution in [-0.4, -0.2) is 33.8 Å². The van der Waals surface area contributed by atoms with Gasteiger partial charge in [-0.15, -0.1) is 0 Å². The zero-order chi connectivity index (χ0) is 26.6. The molecule has 2 amide bonds. The molecule has 1 aliphatic rings. The summed E-state index contributed by atoms with van der Waals surface area (Å²) < 4.78 is 44.2. The van der Waals surface area contributed by atoms with E-state index in [9.17, 15) is 27.6 Å². The van der Waals surface area contributed by atoms with Crippen LogP contribution in [0.15, 0.2) is 54.9 Å². The molecule has 194 valence electrons. The summed E-state index contributed by atoms with van der Waals surface area (Å²) in [4.78, 5) is 44.5. The van der Waals surface area contributed by atoms with Crippen LogP contribution in [0.25, 0.3) is 0 Å². The number of para-hydroxylation sites is 1. The van der Waals surface area contributed by atoms with Crippen molar-refractivity contribution < 1.29 is 32.3 Å². The molecule has 0 saturated heterocycles. The molecule has 0 spiro atoms. The monoisotopic (exact) mass is 534 g/mol. The third-order valence-electron chi connectivity index (χ3n) is 6.00. The van der Waals surface area contributed by atoms with E-state index in [0.29, 0.717) is 31.4 Å². The van der Waals surface area contributed by atoms with Crippen molar-refractivity contribution in [2.45, 2.75) is 37.9 Å². The van der Waals surface area contributed by atoms with Gasteiger partial charge >= 0.3 is 12.1 Å². The zero-order valence-corrected chi connectivity index (χ0v) is 20.0. The Morgan fingerprint density at radius 1 is 1.03 bits per heavy atom. The number of nitrogens with one attached hydrogen (secondary N) is 3. The van der Waals surface area contributed by atoms with Crippen LogP contribution in [0.1, 0.15) is 52.2 Å². The number of aromatic nitrogens is 2. The number of amides is 2. The number of H-pyrrole nitrogens is 1. The van der Waals surface area contributed by atoms with Crippen molar-refractivity contribution in [2.24, 2.45) is 5.92 Å². The number of ether oxygens (including phenoxy) is 1. The Bertz CT molecular complexity index is 1290. The summed E-state index contributed by atoms with van der Waals surface area (Å²) >= 11 is 5.97. The van der Waals surface area contributed by atoms with Crippen LogP contribution in [-0.2, 0) is 11.0 Å². The first kappa shape index (κ1) is 26.2. The van der Waals surface area contributed by atoms with E-state index in [0.717, 1.165) is 18.2 Å². The molecule has 0 bridgehead atoms. The number of hydrogen-bond acceptors (Lipinski definition) is 5. The average Bonchev–Trinajstić information content (AvgIpc) is 3.36. The molecule has 3 N–H and O–H groups in total. The fraction of sp³-hybridized carbons (Fsp3) is 0.280. The SMILES string of the molecule is O=C(Oc1ccccc1)c1nc[nH]c1C(=O)N[C@H]1CC[C@H](C(=O)Nc2cc(C(F)(F)F)ccc2Cl)CC1. The van der Waals surface area contributed by atoms with E-state index in [1.807, 2.05) is 0 Å². The van der Waals surface area contributed by atoms with Crippen LogP contribution in [0.4, 0.5) is 18.9 Å². The van der Waals surface area contributed by atoms with Gasteiger partial charge < -0.3 is 20.4 Å². The van der Waals surface area contributed by atoms with E-state index in [4.69, 9.17) is 16.3 Å². The van der Waals surface area contributed by atoms with E-state index >= 15 is 0 Å². The lowest BCUT2D eigenvalue weighted by Gasteiger charge is -2.28. The van der Waals surface area contributed by atoms with Crippen LogP contribution in [0.5, 0.6) is 5.75 Å². The molecular formula is C25H22ClF3N4O4. The lowest BCUT2D eigenvalue weighted by atomic mass is 9.85. The predicted octanol–water partition coefficient (Wildman–Crippen LogP) is 5.23. The number of aromatic amines is 1. The molecule has 1 saturated carbocycles. The molecule has 0 unspecified atom stereocenters. The van der Waals surface area contributed by atoms with Gasteiger partial charge in [-0.1, -0.05) is 29.8 Å². The van der Waals surface area contributed by atoms with Gasteiger partial charge in [-0.25, -0.2) is 9.78 Å². The Hall–Kier alpha value is -3.86. The van der Waals surface area contributed by atoms with Crippen molar-refractivity contribution in [3.63, 3.8) is 0 Å². The fourth-order valence-electron chi connectivity index (χ4n) is 4.06. The van der Waals surface area contributed by atoms with Crippen molar-refractivity contribution >= 4 is 35.1 Å². The van der Waals surface area contributed by atoms with E-state index in [1.165, 1.54) is 6.33 Å². The molecule has 2 aromatic carbocycles. The third-order valence-corrected chi connectivity index (χ3v) is 6.33. The Morgan fingerprint density at radius 2 is 1.73 bits per heavy atom. The summed E-state index contributed by atoms with van der Waals surface area (Å²) in [5.74, 6) is -1.91. The second kappa shape index (κ2) is 11.0. The minimum absolute atomic E-state index is 0.00320. The minimum atomic E-state index is -4.56. The quantitative estimate of drug-likeness (QED) is 0.296. The van der Waals surface area contributed by atoms with Crippen LogP contribution in [0.3, 0.4) is 0 Å². The predicted molar refractivity (Wildman–Crippen MR) is 128 cm³/mol. The molecule has 3 aromatic rings. The summed E-state index contributed by atoms with van der Waals surface area (Å²) in [5, 5.41) is 5.32. The number of imidazole rings is 1. The van der Waals surface area contributed by atoms with Gasteiger partial charge in [0.15, 0.2) is 5.69 Å². The molecule has 0 aliphatic heterocycles. The number of benzene rings is 2. The lowest BCUT2D eigenvalue weighted by Crippen LogP contribution is -2.40. The lowest BCUT2D eigenvalue weighted by molar-refractivity contribution is -0.137. The van der Waals surface area contributed by atoms with E-state index in [-0.39, 0.29) is 28.1 Å². The molecule has 0 atom stereocenters. The molecule has 8 nitrogen and oxygen atoms in total. The second-order valence-corrected chi connectivity index (χ2v) is 8.94. The molecule has 1 fully saturated rings. The first-order chi connectivity index (χ1) is 17.6. The first-order valence-corrected chi connectivity index (χ1v) is 11.8. The van der Waals surface area contributed by atoms with Crippen molar-refractivity contribution in [1.82, 2.24) is 15.3 Å². The highest BCUT2D eigenvalue weighted by Crippen LogP contribution is 2.34. The molecule has 1 aromatic heterocycles. The third kappa shape index (κ3) is 6.48. The Morgan fingerprint density at radius 3 is 2.41 bits per heavy atom. The number of alkyl halides is 3. The molecule has 0 radical (unpaired) electrons. The van der Waals surface area contributed by atoms with Gasteiger partial charge in [0, 0.05) is 12.0 Å². The summed E-state index contributed by atoms with van der Waals surface area (Å²) in [7, 11) is 0. The van der Waals surface area contributed by atoms with Crippen LogP contribution in [0, 0.1) is 5.92 Å². The number of carbonyl (C=O) groups is 3. The topological polar surface area (TPSA) is 113 Å². The Balaban J connectivity index is 1.31. The minimum Gasteiger partial charge on any atom is -0.422 e. The standard InChI is InChI=1S/C25H22ClF3N4O4/c26-18-11-8-15(25(27,28)29)12-19(18)33-22(34)14-6-9-16(10-7-14)32-23(35)20-21(31-13-30-20)24(36)37-17-4-2-1-3-5-17/h1-5,8,11-14,16H,6-7,9-10H2,(H,30,31)(H,32,35)(H,33,34)/t14-,16-. The highest BCUT2D eigenvalue weighted by Gasteiger charge is 2.32. The molecule has 4 rings (SSSR count). The molecule has 1 aliphatic carbocycles. The van der Waals surface area contributed by atoms with Crippen LogP contribution >= 0.6 is 11.6 Å². The van der Waals surface area contributed by atoms with E-state index in [2.05, 4.69) is 20.6 Å². The molecular weight excluding hydrogens is 513 g/mol. The Kier molecular flexibility index (Phi) is 7.82. The summed E-state index contributed by atoms with van der Waals surface area (Å²) in [6.45, 7) is 0. The maximum atomic E-state index is 13.0. The van der Waals surface area contributed by atoms with Crippen molar-refractivity contribution in [3.8, 4) is 5.75 Å². The van der Waals surface area contributed by atoms with Crippen molar-refractivity contribution in [3.05, 3.63) is 76.8 Å². The van der Waals surface area contributed by atoms with Gasteiger partial charge in [0.1, 0.15) is 11.4 Å². The second-order valence-electron chi connectivity index (χ2n) is 8.53. The number of nitrogens with zero attached hydrogens (tertiary/aromatic N) is 1. The van der Waals surface area contributed by atoms with Gasteiger partial charge in [0.05, 0.1) is 22.6 Å². The number of carbonyl (C=O) groups excluding carboxylic acids is 3. The number of halogens is 4. The van der Waals surface area contributed by atoms with Crippen molar-refractivity contribution in [2.75, 3.05) is 5.32 Å². The normalized spacial score (nSPS) is 17.6. The van der Waals surface area contributed by atoms with Crippen LogP contribution in [0.2, 0.25) is 5.02 Å². The summed E-state index contributed by atoms with van der Waals surface area (Å²) in [6, 6.07) is 10.8. The van der Waals surface area contributed by atoms with Gasteiger partial charge in [-0.3, -0.25) is 9.59 Å². The van der Waals surface area contributed by atoms with Crippen LogP contribution < -0.4 is 15.4 Å². The molecule has 1 heterocycles. The molecule has 37 heavy (non-hydrogen) atoms. The highest BCUT2D eigenvalue weighted by atomic mass is 35.5. The molecule has 12 heteroatoms. The zero-order valence-electron chi connectivity index (χ0n) is 19.3. The average molecular weight is 535 g/mol. The highest BCUT2D eigenvalue weighted by molar-refractivity contribution is 6.33. The maximum Gasteiger partial charge on any atom is 0.416 e. The van der Waals surface area contributed by atoms with E-state index in [1.54, 1.807) is 30.3 Å².